The summed E-state index contributed by atoms with van der Waals surface area (Å²) >= 11 is 6.20. The van der Waals surface area contributed by atoms with Crippen LogP contribution in [-0.4, -0.2) is 55.4 Å². The second-order valence-corrected chi connectivity index (χ2v) is 12.4. The Morgan fingerprint density at radius 3 is 2.24 bits per heavy atom. The summed E-state index contributed by atoms with van der Waals surface area (Å²) in [6, 6.07) is 20.1. The third kappa shape index (κ3) is 9.29. The predicted octanol–water partition coefficient (Wildman–Crippen LogP) is 4.43. The Morgan fingerprint density at radius 2 is 1.63 bits per heavy atom. The maximum absolute atomic E-state index is 14.0. The fraction of sp³-hybridized carbons (Fsp3) is 0.310. The molecule has 218 valence electrons. The average Bonchev–Trinajstić information content (AvgIpc) is 2.92. The van der Waals surface area contributed by atoms with Crippen LogP contribution in [0.15, 0.2) is 78.9 Å². The summed E-state index contributed by atoms with van der Waals surface area (Å²) in [6.07, 6.45) is 1.09. The van der Waals surface area contributed by atoms with Gasteiger partial charge >= 0.3 is 0 Å². The van der Waals surface area contributed by atoms with Gasteiger partial charge in [0.15, 0.2) is 0 Å². The van der Waals surface area contributed by atoms with E-state index in [1.54, 1.807) is 24.3 Å². The molecule has 12 heteroatoms. The van der Waals surface area contributed by atoms with Crippen molar-refractivity contribution in [2.45, 2.75) is 32.9 Å². The van der Waals surface area contributed by atoms with E-state index in [1.165, 1.54) is 23.1 Å². The van der Waals surface area contributed by atoms with Crippen molar-refractivity contribution in [3.63, 3.8) is 0 Å². The van der Waals surface area contributed by atoms with Crippen LogP contribution in [0.1, 0.15) is 25.0 Å². The lowest BCUT2D eigenvalue weighted by atomic mass is 10.0. The number of nitrogens with zero attached hydrogens (tertiary/aromatic N) is 3. The Balaban J connectivity index is 2.07. The lowest BCUT2D eigenvalue weighted by Gasteiger charge is -2.33. The molecule has 0 aromatic heterocycles. The number of rotatable bonds is 13. The highest BCUT2D eigenvalue weighted by Gasteiger charge is 2.33. The van der Waals surface area contributed by atoms with Crippen molar-refractivity contribution < 1.29 is 22.9 Å². The molecular formula is C29H33ClN4O6S. The van der Waals surface area contributed by atoms with Gasteiger partial charge in [-0.15, -0.1) is 0 Å². The molecule has 2 amide bonds. The summed E-state index contributed by atoms with van der Waals surface area (Å²) in [5.74, 6) is -0.898. The van der Waals surface area contributed by atoms with Gasteiger partial charge in [-0.1, -0.05) is 74.0 Å². The number of carbonyl (C=O) groups is 2. The van der Waals surface area contributed by atoms with E-state index in [2.05, 4.69) is 5.32 Å². The fourth-order valence-corrected chi connectivity index (χ4v) is 5.24. The molecule has 41 heavy (non-hydrogen) atoms. The minimum atomic E-state index is -4.05. The van der Waals surface area contributed by atoms with Crippen molar-refractivity contribution in [3.05, 3.63) is 105 Å². The largest absolute Gasteiger partial charge is 0.354 e. The molecule has 1 N–H and O–H groups in total. The molecule has 1 atom stereocenters. The van der Waals surface area contributed by atoms with Crippen LogP contribution in [0.2, 0.25) is 5.02 Å². The van der Waals surface area contributed by atoms with Crippen molar-refractivity contribution in [2.75, 3.05) is 23.7 Å². The van der Waals surface area contributed by atoms with E-state index in [-0.39, 0.29) is 36.2 Å². The molecule has 0 unspecified atom stereocenters. The SMILES string of the molecule is CC(C)CNC(=O)[C@H](Cc1ccccc1)N(Cc1cccc(Cl)c1)C(=O)CN(c1cccc([N+](=O)[O-])c1)S(C)(=O)=O. The molecule has 0 aliphatic heterocycles. The van der Waals surface area contributed by atoms with Crippen molar-refractivity contribution in [2.24, 2.45) is 5.92 Å². The van der Waals surface area contributed by atoms with E-state index >= 15 is 0 Å². The Bertz CT molecular complexity index is 1480. The molecule has 0 bridgehead atoms. The molecular weight excluding hydrogens is 568 g/mol. The number of nitro groups is 1. The number of benzene rings is 3. The highest BCUT2D eigenvalue weighted by molar-refractivity contribution is 7.92. The van der Waals surface area contributed by atoms with Gasteiger partial charge in [0.25, 0.3) is 5.69 Å². The first-order chi connectivity index (χ1) is 19.3. The first kappa shape index (κ1) is 31.6. The summed E-state index contributed by atoms with van der Waals surface area (Å²) < 4.78 is 26.5. The summed E-state index contributed by atoms with van der Waals surface area (Å²) in [4.78, 5) is 39.6. The van der Waals surface area contributed by atoms with Crippen LogP contribution in [0, 0.1) is 16.0 Å². The van der Waals surface area contributed by atoms with Crippen LogP contribution in [0.4, 0.5) is 11.4 Å². The summed E-state index contributed by atoms with van der Waals surface area (Å²) in [5, 5.41) is 14.7. The number of carbonyl (C=O) groups excluding carboxylic acids is 2. The summed E-state index contributed by atoms with van der Waals surface area (Å²) in [6.45, 7) is 3.57. The van der Waals surface area contributed by atoms with Gasteiger partial charge < -0.3 is 10.2 Å². The van der Waals surface area contributed by atoms with E-state index < -0.39 is 33.4 Å². The zero-order chi connectivity index (χ0) is 30.2. The standard InChI is InChI=1S/C29H33ClN4O6S/c1-21(2)18-31-29(36)27(16-22-9-5-4-6-10-22)32(19-23-11-7-12-24(30)15-23)28(35)20-33(41(3,39)40)25-13-8-14-26(17-25)34(37)38/h4-15,17,21,27H,16,18-20H2,1-3H3,(H,31,36)/t27-/m0/s1. The number of anilines is 1. The lowest BCUT2D eigenvalue weighted by Crippen LogP contribution is -2.53. The van der Waals surface area contributed by atoms with Crippen LogP contribution in [-0.2, 0) is 32.6 Å². The molecule has 0 aliphatic rings. The molecule has 3 aromatic rings. The van der Waals surface area contributed by atoms with E-state index in [4.69, 9.17) is 11.6 Å². The number of nitrogens with one attached hydrogen (secondary N) is 1. The normalized spacial score (nSPS) is 12.0. The third-order valence-electron chi connectivity index (χ3n) is 6.21. The lowest BCUT2D eigenvalue weighted by molar-refractivity contribution is -0.384. The number of sulfonamides is 1. The number of hydrogen-bond donors (Lipinski definition) is 1. The van der Waals surface area contributed by atoms with Crippen LogP contribution < -0.4 is 9.62 Å². The second-order valence-electron chi connectivity index (χ2n) is 10.0. The highest BCUT2D eigenvalue weighted by atomic mass is 35.5. The van der Waals surface area contributed by atoms with Gasteiger partial charge in [0.05, 0.1) is 16.9 Å². The molecule has 0 radical (unpaired) electrons. The number of nitro benzene ring substituents is 1. The van der Waals surface area contributed by atoms with Crippen molar-refractivity contribution in [3.8, 4) is 0 Å². The van der Waals surface area contributed by atoms with Gasteiger partial charge in [-0.05, 0) is 35.2 Å². The molecule has 0 saturated carbocycles. The minimum absolute atomic E-state index is 0.0292. The zero-order valence-electron chi connectivity index (χ0n) is 23.1. The minimum Gasteiger partial charge on any atom is -0.354 e. The van der Waals surface area contributed by atoms with E-state index in [9.17, 15) is 28.1 Å². The molecule has 0 saturated heterocycles. The predicted molar refractivity (Wildman–Crippen MR) is 159 cm³/mol. The Hall–Kier alpha value is -3.96. The van der Waals surface area contributed by atoms with Crippen LogP contribution in [0.5, 0.6) is 0 Å². The summed E-state index contributed by atoms with van der Waals surface area (Å²) in [7, 11) is -4.05. The number of halogens is 1. The monoisotopic (exact) mass is 600 g/mol. The Kier molecular flexibility index (Phi) is 10.8. The molecule has 10 nitrogen and oxygen atoms in total. The van der Waals surface area contributed by atoms with Crippen molar-refractivity contribution in [1.29, 1.82) is 0 Å². The van der Waals surface area contributed by atoms with Crippen LogP contribution >= 0.6 is 11.6 Å². The Morgan fingerprint density at radius 1 is 0.976 bits per heavy atom. The van der Waals surface area contributed by atoms with Gasteiger partial charge in [-0.3, -0.25) is 24.0 Å². The van der Waals surface area contributed by atoms with Crippen molar-refractivity contribution in [1.82, 2.24) is 10.2 Å². The maximum atomic E-state index is 14.0. The van der Waals surface area contributed by atoms with Gasteiger partial charge in [0, 0.05) is 36.7 Å². The molecule has 3 rings (SSSR count). The second kappa shape index (κ2) is 14.1. The Labute approximate surface area is 245 Å². The van der Waals surface area contributed by atoms with Crippen LogP contribution in [0.25, 0.3) is 0 Å². The first-order valence-electron chi connectivity index (χ1n) is 12.9. The quantitative estimate of drug-likeness (QED) is 0.228. The number of non-ortho nitro benzene ring substituents is 1. The number of amides is 2. The molecule has 0 heterocycles. The van der Waals surface area contributed by atoms with Crippen LogP contribution in [0.3, 0.4) is 0 Å². The summed E-state index contributed by atoms with van der Waals surface area (Å²) in [5.41, 5.74) is 1.08. The highest BCUT2D eigenvalue weighted by Crippen LogP contribution is 2.24. The first-order valence-corrected chi connectivity index (χ1v) is 15.2. The molecule has 0 spiro atoms. The van der Waals surface area contributed by atoms with E-state index in [0.717, 1.165) is 22.2 Å². The van der Waals surface area contributed by atoms with Gasteiger partial charge in [0.1, 0.15) is 12.6 Å². The fourth-order valence-electron chi connectivity index (χ4n) is 4.18. The van der Waals surface area contributed by atoms with Gasteiger partial charge in [-0.2, -0.15) is 0 Å². The topological polar surface area (TPSA) is 130 Å². The number of hydrogen-bond acceptors (Lipinski definition) is 6. The maximum Gasteiger partial charge on any atom is 0.271 e. The molecule has 0 aliphatic carbocycles. The van der Waals surface area contributed by atoms with E-state index in [1.807, 2.05) is 44.2 Å². The molecule has 3 aromatic carbocycles. The zero-order valence-corrected chi connectivity index (χ0v) is 24.6. The third-order valence-corrected chi connectivity index (χ3v) is 7.58. The average molecular weight is 601 g/mol. The van der Waals surface area contributed by atoms with E-state index in [0.29, 0.717) is 17.1 Å². The smallest absolute Gasteiger partial charge is 0.271 e. The van der Waals surface area contributed by atoms with Gasteiger partial charge in [0.2, 0.25) is 21.8 Å². The van der Waals surface area contributed by atoms with Gasteiger partial charge in [-0.25, -0.2) is 8.42 Å². The molecule has 0 fully saturated rings. The van der Waals surface area contributed by atoms with Crippen molar-refractivity contribution >= 4 is 44.8 Å².